The molecule has 4 rings (SSSR count). The van der Waals surface area contributed by atoms with Crippen LogP contribution < -0.4 is 0 Å². The number of benzene rings is 1. The third kappa shape index (κ3) is 3.04. The lowest BCUT2D eigenvalue weighted by Gasteiger charge is -2.61. The Morgan fingerprint density at radius 1 is 1.07 bits per heavy atom. The maximum absolute atomic E-state index is 13.6. The summed E-state index contributed by atoms with van der Waals surface area (Å²) in [5.74, 6) is 0.877. The summed E-state index contributed by atoms with van der Waals surface area (Å²) in [7, 11) is 3.62. The minimum Gasteiger partial charge on any atom is -0.508 e. The molecule has 3 aliphatic rings. The van der Waals surface area contributed by atoms with E-state index in [1.54, 1.807) is 11.0 Å². The SMILES string of the molecule is CN(C)C(=O)[C@H]1CC[C@@H](C(=O)N2CC[C@@]3(C)c4cccc(O)c4C[C@@H]2C3(C)C)CC1. The normalized spacial score (nSPS) is 32.3. The fourth-order valence-corrected chi connectivity index (χ4v) is 6.38. The van der Waals surface area contributed by atoms with Gasteiger partial charge in [-0.2, -0.15) is 0 Å². The van der Waals surface area contributed by atoms with Gasteiger partial charge in [0.1, 0.15) is 5.75 Å². The van der Waals surface area contributed by atoms with Gasteiger partial charge < -0.3 is 14.9 Å². The number of aromatic hydroxyl groups is 1. The highest BCUT2D eigenvalue weighted by atomic mass is 16.3. The van der Waals surface area contributed by atoms with Crippen LogP contribution in [0.4, 0.5) is 0 Å². The van der Waals surface area contributed by atoms with Gasteiger partial charge in [0.25, 0.3) is 0 Å². The van der Waals surface area contributed by atoms with Crippen molar-refractivity contribution in [1.29, 1.82) is 0 Å². The number of hydrogen-bond donors (Lipinski definition) is 1. The summed E-state index contributed by atoms with van der Waals surface area (Å²) < 4.78 is 0. The van der Waals surface area contributed by atoms with Crippen LogP contribution in [0.25, 0.3) is 0 Å². The van der Waals surface area contributed by atoms with Gasteiger partial charge in [0.15, 0.2) is 0 Å². The summed E-state index contributed by atoms with van der Waals surface area (Å²) in [5.41, 5.74) is 2.14. The molecule has 5 nitrogen and oxygen atoms in total. The Kier molecular flexibility index (Phi) is 5.14. The molecule has 30 heavy (non-hydrogen) atoms. The first-order valence-electron chi connectivity index (χ1n) is 11.4. The number of piperidine rings is 1. The van der Waals surface area contributed by atoms with E-state index >= 15 is 0 Å². The molecule has 1 aliphatic heterocycles. The van der Waals surface area contributed by atoms with Gasteiger partial charge in [-0.05, 0) is 61.1 Å². The Balaban J connectivity index is 1.56. The summed E-state index contributed by atoms with van der Waals surface area (Å²) in [5, 5.41) is 10.6. The number of carbonyl (C=O) groups is 2. The lowest BCUT2D eigenvalue weighted by Crippen LogP contribution is -2.65. The zero-order chi connectivity index (χ0) is 21.8. The fourth-order valence-electron chi connectivity index (χ4n) is 6.38. The van der Waals surface area contributed by atoms with Crippen molar-refractivity contribution in [2.45, 2.75) is 70.8 Å². The number of amides is 2. The fraction of sp³-hybridized carbons (Fsp3) is 0.680. The van der Waals surface area contributed by atoms with Crippen LogP contribution in [0, 0.1) is 17.3 Å². The van der Waals surface area contributed by atoms with Gasteiger partial charge in [-0.1, -0.05) is 32.9 Å². The van der Waals surface area contributed by atoms with Crippen molar-refractivity contribution in [2.75, 3.05) is 20.6 Å². The summed E-state index contributed by atoms with van der Waals surface area (Å²) in [6, 6.07) is 5.96. The second-order valence-corrected chi connectivity index (χ2v) is 10.6. The molecule has 0 radical (unpaired) electrons. The first kappa shape index (κ1) is 21.2. The van der Waals surface area contributed by atoms with E-state index in [0.29, 0.717) is 12.2 Å². The van der Waals surface area contributed by atoms with Crippen molar-refractivity contribution in [1.82, 2.24) is 9.80 Å². The van der Waals surface area contributed by atoms with E-state index in [0.717, 1.165) is 44.2 Å². The van der Waals surface area contributed by atoms with E-state index in [1.807, 2.05) is 20.2 Å². The summed E-state index contributed by atoms with van der Waals surface area (Å²) >= 11 is 0. The number of nitrogens with zero attached hydrogens (tertiary/aromatic N) is 2. The van der Waals surface area contributed by atoms with Crippen LogP contribution in [-0.2, 0) is 21.4 Å². The molecule has 1 aromatic rings. The molecular formula is C25H36N2O3. The summed E-state index contributed by atoms with van der Waals surface area (Å²) in [6.07, 6.45) is 4.82. The lowest BCUT2D eigenvalue weighted by molar-refractivity contribution is -0.150. The highest BCUT2D eigenvalue weighted by Gasteiger charge is 2.57. The van der Waals surface area contributed by atoms with Crippen LogP contribution in [0.15, 0.2) is 18.2 Å². The molecule has 2 atom stereocenters. The zero-order valence-electron chi connectivity index (χ0n) is 19.1. The van der Waals surface area contributed by atoms with Crippen LogP contribution in [0.1, 0.15) is 64.0 Å². The maximum atomic E-state index is 13.6. The molecule has 2 amide bonds. The van der Waals surface area contributed by atoms with Crippen molar-refractivity contribution < 1.29 is 14.7 Å². The zero-order valence-corrected chi connectivity index (χ0v) is 19.1. The number of rotatable bonds is 2. The van der Waals surface area contributed by atoms with Crippen LogP contribution in [-0.4, -0.2) is 53.4 Å². The third-order valence-electron chi connectivity index (χ3n) is 8.78. The molecule has 0 aromatic heterocycles. The van der Waals surface area contributed by atoms with E-state index in [9.17, 15) is 14.7 Å². The predicted molar refractivity (Wildman–Crippen MR) is 117 cm³/mol. The van der Waals surface area contributed by atoms with E-state index in [4.69, 9.17) is 0 Å². The minimum atomic E-state index is -0.0696. The molecule has 1 saturated heterocycles. The van der Waals surface area contributed by atoms with Crippen LogP contribution >= 0.6 is 0 Å². The standard InChI is InChI=1S/C25H36N2O3/c1-24(2)21-15-18-19(7-6-8-20(18)28)25(24,3)13-14-27(21)23(30)17-11-9-16(10-12-17)22(29)26(4)5/h6-8,16-17,21,28H,9-15H2,1-5H3/t16-,17+,21-,25+/m1/s1. The smallest absolute Gasteiger partial charge is 0.225 e. The quantitative estimate of drug-likeness (QED) is 0.805. The molecular weight excluding hydrogens is 376 g/mol. The van der Waals surface area contributed by atoms with Gasteiger partial charge in [0.05, 0.1) is 0 Å². The third-order valence-corrected chi connectivity index (χ3v) is 8.78. The Morgan fingerprint density at radius 2 is 1.70 bits per heavy atom. The van der Waals surface area contributed by atoms with Crippen molar-refractivity contribution in [2.24, 2.45) is 17.3 Å². The van der Waals surface area contributed by atoms with Crippen molar-refractivity contribution in [3.63, 3.8) is 0 Å². The average Bonchev–Trinajstić information content (AvgIpc) is 2.70. The Labute approximate surface area is 180 Å². The Hall–Kier alpha value is -2.04. The molecule has 2 bridgehead atoms. The second kappa shape index (κ2) is 7.28. The number of phenolic OH excluding ortho intramolecular Hbond substituents is 1. The van der Waals surface area contributed by atoms with Gasteiger partial charge in [-0.25, -0.2) is 0 Å². The van der Waals surface area contributed by atoms with E-state index < -0.39 is 0 Å². The average molecular weight is 413 g/mol. The van der Waals surface area contributed by atoms with Crippen LogP contribution in [0.5, 0.6) is 5.75 Å². The second-order valence-electron chi connectivity index (χ2n) is 10.6. The largest absolute Gasteiger partial charge is 0.508 e. The first-order valence-corrected chi connectivity index (χ1v) is 11.4. The van der Waals surface area contributed by atoms with E-state index in [2.05, 4.69) is 31.7 Å². The summed E-state index contributed by atoms with van der Waals surface area (Å²) in [4.78, 5) is 29.7. The molecule has 1 aromatic carbocycles. The molecule has 164 valence electrons. The lowest BCUT2D eigenvalue weighted by atomic mass is 9.51. The van der Waals surface area contributed by atoms with Crippen molar-refractivity contribution in [3.05, 3.63) is 29.3 Å². The Morgan fingerprint density at radius 3 is 2.33 bits per heavy atom. The number of phenols is 1. The monoisotopic (exact) mass is 412 g/mol. The topological polar surface area (TPSA) is 60.9 Å². The minimum absolute atomic E-state index is 0.0159. The molecule has 1 N–H and O–H groups in total. The van der Waals surface area contributed by atoms with Crippen molar-refractivity contribution in [3.8, 4) is 5.75 Å². The van der Waals surface area contributed by atoms with Crippen LogP contribution in [0.2, 0.25) is 0 Å². The molecule has 0 unspecified atom stereocenters. The molecule has 1 heterocycles. The van der Waals surface area contributed by atoms with Gasteiger partial charge in [-0.15, -0.1) is 0 Å². The number of carbonyl (C=O) groups excluding carboxylic acids is 2. The van der Waals surface area contributed by atoms with Gasteiger partial charge in [-0.3, -0.25) is 9.59 Å². The maximum Gasteiger partial charge on any atom is 0.225 e. The van der Waals surface area contributed by atoms with Crippen LogP contribution in [0.3, 0.4) is 0 Å². The highest BCUT2D eigenvalue weighted by Crippen LogP contribution is 2.57. The number of likely N-dealkylation sites (tertiary alicyclic amines) is 1. The van der Waals surface area contributed by atoms with Gasteiger partial charge >= 0.3 is 0 Å². The molecule has 2 aliphatic carbocycles. The van der Waals surface area contributed by atoms with E-state index in [-0.39, 0.29) is 40.5 Å². The number of fused-ring (bicyclic) bond motifs is 4. The molecule has 0 spiro atoms. The molecule has 2 fully saturated rings. The molecule has 5 heteroatoms. The Bertz CT molecular complexity index is 854. The van der Waals surface area contributed by atoms with Gasteiger partial charge in [0, 0.05) is 43.9 Å². The summed E-state index contributed by atoms with van der Waals surface area (Å²) in [6.45, 7) is 7.65. The van der Waals surface area contributed by atoms with Gasteiger partial charge in [0.2, 0.25) is 11.8 Å². The van der Waals surface area contributed by atoms with Crippen molar-refractivity contribution >= 4 is 11.8 Å². The molecule has 1 saturated carbocycles. The number of hydrogen-bond acceptors (Lipinski definition) is 3. The first-order chi connectivity index (χ1) is 14.1. The van der Waals surface area contributed by atoms with E-state index in [1.165, 1.54) is 5.56 Å². The predicted octanol–water partition coefficient (Wildman–Crippen LogP) is 3.73. The highest BCUT2D eigenvalue weighted by molar-refractivity contribution is 5.81.